The van der Waals surface area contributed by atoms with Crippen LogP contribution in [0.15, 0.2) is 0 Å². The summed E-state index contributed by atoms with van der Waals surface area (Å²) in [5.74, 6) is 0.798. The van der Waals surface area contributed by atoms with Gasteiger partial charge in [-0.05, 0) is 31.6 Å². The van der Waals surface area contributed by atoms with Crippen LogP contribution in [0.2, 0.25) is 0 Å². The minimum atomic E-state index is 0.370. The largest absolute Gasteiger partial charge is 0.378 e. The Bertz CT molecular complexity index is 175. The van der Waals surface area contributed by atoms with E-state index in [1.807, 2.05) is 0 Å². The van der Waals surface area contributed by atoms with Crippen molar-refractivity contribution in [1.82, 2.24) is 0 Å². The zero-order chi connectivity index (χ0) is 10.5. The number of hydrogen-bond acceptors (Lipinski definition) is 1. The molecule has 1 aliphatic heterocycles. The van der Waals surface area contributed by atoms with Gasteiger partial charge in [0.1, 0.15) is 0 Å². The maximum atomic E-state index is 6.22. The summed E-state index contributed by atoms with van der Waals surface area (Å²) < 4.78 is 5.90. The summed E-state index contributed by atoms with van der Waals surface area (Å²) in [5, 5.41) is 0.370. The minimum absolute atomic E-state index is 0.370. The lowest BCUT2D eigenvalue weighted by Crippen LogP contribution is -2.33. The van der Waals surface area contributed by atoms with Gasteiger partial charge < -0.3 is 4.74 Å². The molecule has 0 radical (unpaired) electrons. The fourth-order valence-electron chi connectivity index (χ4n) is 2.97. The lowest BCUT2D eigenvalue weighted by Gasteiger charge is -2.33. The van der Waals surface area contributed by atoms with E-state index in [1.165, 1.54) is 44.9 Å². The molecule has 1 nitrogen and oxygen atoms in total. The second-order valence-electron chi connectivity index (χ2n) is 5.14. The maximum absolute atomic E-state index is 6.22. The van der Waals surface area contributed by atoms with Crippen molar-refractivity contribution in [3.8, 4) is 0 Å². The highest BCUT2D eigenvalue weighted by molar-refractivity contribution is 6.20. The van der Waals surface area contributed by atoms with Crippen LogP contribution >= 0.6 is 11.6 Å². The van der Waals surface area contributed by atoms with Gasteiger partial charge in [-0.3, -0.25) is 0 Å². The van der Waals surface area contributed by atoms with Crippen molar-refractivity contribution in [3.63, 3.8) is 0 Å². The Morgan fingerprint density at radius 2 is 1.53 bits per heavy atom. The third-order valence-electron chi connectivity index (χ3n) is 3.93. The lowest BCUT2D eigenvalue weighted by molar-refractivity contribution is -0.0258. The van der Waals surface area contributed by atoms with Crippen molar-refractivity contribution in [2.24, 2.45) is 5.92 Å². The summed E-state index contributed by atoms with van der Waals surface area (Å²) in [6.07, 6.45) is 12.4. The SMILES string of the molecule is ClC1CCOC(C2CCCCCCC2)C1. The number of rotatable bonds is 1. The van der Waals surface area contributed by atoms with Crippen molar-refractivity contribution >= 4 is 11.6 Å². The Morgan fingerprint density at radius 3 is 2.20 bits per heavy atom. The standard InChI is InChI=1S/C13H23ClO/c14-12-8-9-15-13(10-12)11-6-4-2-1-3-5-7-11/h11-13H,1-10H2. The molecule has 1 aliphatic carbocycles. The minimum Gasteiger partial charge on any atom is -0.378 e. The van der Waals surface area contributed by atoms with Gasteiger partial charge in [-0.15, -0.1) is 11.6 Å². The first-order valence-corrected chi connectivity index (χ1v) is 7.05. The molecule has 15 heavy (non-hydrogen) atoms. The molecule has 1 saturated heterocycles. The van der Waals surface area contributed by atoms with E-state index in [-0.39, 0.29) is 0 Å². The quantitative estimate of drug-likeness (QED) is 0.616. The number of hydrogen-bond donors (Lipinski definition) is 0. The van der Waals surface area contributed by atoms with E-state index < -0.39 is 0 Å². The molecule has 88 valence electrons. The van der Waals surface area contributed by atoms with Crippen LogP contribution in [0.25, 0.3) is 0 Å². The van der Waals surface area contributed by atoms with Crippen molar-refractivity contribution in [3.05, 3.63) is 0 Å². The Kier molecular flexibility index (Phi) is 4.77. The molecule has 0 aromatic rings. The van der Waals surface area contributed by atoms with Gasteiger partial charge >= 0.3 is 0 Å². The van der Waals surface area contributed by atoms with Crippen LogP contribution in [-0.2, 0) is 4.74 Å². The molecule has 0 amide bonds. The maximum Gasteiger partial charge on any atom is 0.0617 e. The van der Waals surface area contributed by atoms with Gasteiger partial charge in [-0.25, -0.2) is 0 Å². The van der Waals surface area contributed by atoms with E-state index >= 15 is 0 Å². The molecule has 0 N–H and O–H groups in total. The first kappa shape index (κ1) is 11.7. The van der Waals surface area contributed by atoms with Crippen molar-refractivity contribution in [2.45, 2.75) is 69.3 Å². The molecule has 2 unspecified atom stereocenters. The van der Waals surface area contributed by atoms with Crippen LogP contribution in [0, 0.1) is 5.92 Å². The van der Waals surface area contributed by atoms with E-state index in [1.54, 1.807) is 0 Å². The number of halogens is 1. The van der Waals surface area contributed by atoms with E-state index in [9.17, 15) is 0 Å². The summed E-state index contributed by atoms with van der Waals surface area (Å²) >= 11 is 6.22. The molecule has 2 rings (SSSR count). The smallest absolute Gasteiger partial charge is 0.0617 e. The highest BCUT2D eigenvalue weighted by atomic mass is 35.5. The first-order chi connectivity index (χ1) is 7.36. The molecule has 0 aromatic heterocycles. The molecule has 2 atom stereocenters. The molecule has 0 aromatic carbocycles. The van der Waals surface area contributed by atoms with Crippen molar-refractivity contribution in [2.75, 3.05) is 6.61 Å². The Morgan fingerprint density at radius 1 is 0.867 bits per heavy atom. The molecular weight excluding hydrogens is 208 g/mol. The second kappa shape index (κ2) is 6.10. The monoisotopic (exact) mass is 230 g/mol. The van der Waals surface area contributed by atoms with Crippen LogP contribution in [0.4, 0.5) is 0 Å². The van der Waals surface area contributed by atoms with Gasteiger partial charge in [0.25, 0.3) is 0 Å². The summed E-state index contributed by atoms with van der Waals surface area (Å²) in [4.78, 5) is 0. The topological polar surface area (TPSA) is 9.23 Å². The normalized spacial score (nSPS) is 35.8. The van der Waals surface area contributed by atoms with E-state index in [2.05, 4.69) is 0 Å². The van der Waals surface area contributed by atoms with Crippen LogP contribution in [0.5, 0.6) is 0 Å². The molecule has 1 saturated carbocycles. The third-order valence-corrected chi connectivity index (χ3v) is 4.32. The van der Waals surface area contributed by atoms with Crippen LogP contribution < -0.4 is 0 Å². The summed E-state index contributed by atoms with van der Waals surface area (Å²) in [6, 6.07) is 0. The predicted octanol–water partition coefficient (Wildman–Crippen LogP) is 4.13. The average Bonchev–Trinajstić information content (AvgIpc) is 2.16. The van der Waals surface area contributed by atoms with Crippen LogP contribution in [-0.4, -0.2) is 18.1 Å². The van der Waals surface area contributed by atoms with Crippen LogP contribution in [0.3, 0.4) is 0 Å². The Hall–Kier alpha value is 0.250. The highest BCUT2D eigenvalue weighted by Gasteiger charge is 2.28. The van der Waals surface area contributed by atoms with Gasteiger partial charge in [-0.1, -0.05) is 32.1 Å². The van der Waals surface area contributed by atoms with E-state index in [0.29, 0.717) is 11.5 Å². The van der Waals surface area contributed by atoms with Crippen molar-refractivity contribution in [1.29, 1.82) is 0 Å². The zero-order valence-corrected chi connectivity index (χ0v) is 10.3. The van der Waals surface area contributed by atoms with Gasteiger partial charge in [0.05, 0.1) is 6.10 Å². The van der Waals surface area contributed by atoms with E-state index in [0.717, 1.165) is 25.4 Å². The average molecular weight is 231 g/mol. The molecule has 2 aliphatic rings. The first-order valence-electron chi connectivity index (χ1n) is 6.62. The van der Waals surface area contributed by atoms with Crippen molar-refractivity contribution < 1.29 is 4.74 Å². The van der Waals surface area contributed by atoms with Gasteiger partial charge in [0.2, 0.25) is 0 Å². The molecule has 2 fully saturated rings. The Balaban J connectivity index is 1.83. The summed E-state index contributed by atoms with van der Waals surface area (Å²) in [5.41, 5.74) is 0. The number of alkyl halides is 1. The number of ether oxygens (including phenoxy) is 1. The summed E-state index contributed by atoms with van der Waals surface area (Å²) in [7, 11) is 0. The third kappa shape index (κ3) is 3.64. The summed E-state index contributed by atoms with van der Waals surface area (Å²) in [6.45, 7) is 0.884. The van der Waals surface area contributed by atoms with Gasteiger partial charge in [-0.2, -0.15) is 0 Å². The molecule has 0 bridgehead atoms. The Labute approximate surface area is 98.5 Å². The van der Waals surface area contributed by atoms with Gasteiger partial charge in [0, 0.05) is 12.0 Å². The van der Waals surface area contributed by atoms with E-state index in [4.69, 9.17) is 16.3 Å². The zero-order valence-electron chi connectivity index (χ0n) is 9.59. The predicted molar refractivity (Wildman–Crippen MR) is 64.4 cm³/mol. The molecule has 0 spiro atoms. The second-order valence-corrected chi connectivity index (χ2v) is 5.75. The fraction of sp³-hybridized carbons (Fsp3) is 1.00. The fourth-order valence-corrected chi connectivity index (χ4v) is 3.24. The molecule has 2 heteroatoms. The molecule has 1 heterocycles. The highest BCUT2D eigenvalue weighted by Crippen LogP contribution is 2.32. The van der Waals surface area contributed by atoms with Gasteiger partial charge in [0.15, 0.2) is 0 Å². The van der Waals surface area contributed by atoms with Crippen LogP contribution in [0.1, 0.15) is 57.8 Å². The molecular formula is C13H23ClO. The lowest BCUT2D eigenvalue weighted by atomic mass is 9.84.